The van der Waals surface area contributed by atoms with Crippen molar-refractivity contribution in [3.8, 4) is 56.4 Å². The molecule has 0 fully saturated rings. The summed E-state index contributed by atoms with van der Waals surface area (Å²) in [6.45, 7) is 0. The first-order valence-corrected chi connectivity index (χ1v) is 17.0. The fourth-order valence-corrected chi connectivity index (χ4v) is 7.13. The second-order valence-electron chi connectivity index (χ2n) is 12.7. The highest BCUT2D eigenvalue weighted by molar-refractivity contribution is 6.06. The van der Waals surface area contributed by atoms with Crippen LogP contribution in [0.1, 0.15) is 9.60 Å². The molecule has 242 valence electrons. The number of aromatic nitrogens is 3. The van der Waals surface area contributed by atoms with Crippen LogP contribution >= 0.6 is 0 Å². The van der Waals surface area contributed by atoms with Crippen LogP contribution in [-0.2, 0) is 0 Å². The molecule has 0 saturated carbocycles. The van der Waals surface area contributed by atoms with Crippen molar-refractivity contribution in [2.75, 3.05) is 0 Å². The van der Waals surface area contributed by atoms with Gasteiger partial charge in [-0.3, -0.25) is 0 Å². The lowest BCUT2D eigenvalue weighted by atomic mass is 9.94. The van der Waals surface area contributed by atoms with Crippen LogP contribution in [0.3, 0.4) is 0 Å². The first-order chi connectivity index (χ1) is 28.7. The zero-order valence-corrected chi connectivity index (χ0v) is 27.7. The Morgan fingerprint density at radius 2 is 0.942 bits per heavy atom. The van der Waals surface area contributed by atoms with Crippen molar-refractivity contribution < 1.29 is 9.60 Å². The number of nitrogens with zero attached hydrogens (tertiary/aromatic N) is 3. The molecule has 10 rings (SSSR count). The topological polar surface area (TPSA) is 38.7 Å². The number of benzene rings is 9. The van der Waals surface area contributed by atoms with E-state index in [0.29, 0.717) is 11.1 Å². The van der Waals surface area contributed by atoms with Gasteiger partial charge in [0.25, 0.3) is 0 Å². The van der Waals surface area contributed by atoms with E-state index in [4.69, 9.17) is 24.5 Å². The third kappa shape index (κ3) is 5.19. The van der Waals surface area contributed by atoms with E-state index >= 15 is 0 Å². The highest BCUT2D eigenvalue weighted by Crippen LogP contribution is 2.38. The van der Waals surface area contributed by atoms with E-state index in [2.05, 4.69) is 48.5 Å². The molecule has 9 aromatic carbocycles. The quantitative estimate of drug-likeness (QED) is 0.183. The zero-order valence-electron chi connectivity index (χ0n) is 34.7. The second kappa shape index (κ2) is 12.4. The molecule has 0 aliphatic heterocycles. The van der Waals surface area contributed by atoms with E-state index < -0.39 is 42.3 Å². The highest BCUT2D eigenvalue weighted by atomic mass is 15.0. The molecule has 0 amide bonds. The molecule has 1 heterocycles. The molecular formula is C49H31N3. The molecule has 0 N–H and O–H groups in total. The maximum atomic E-state index is 9.16. The Morgan fingerprint density at radius 3 is 1.79 bits per heavy atom. The fraction of sp³-hybridized carbons (Fsp3) is 0. The van der Waals surface area contributed by atoms with Crippen molar-refractivity contribution >= 4 is 43.1 Å². The molecular weight excluding hydrogens is 631 g/mol. The summed E-state index contributed by atoms with van der Waals surface area (Å²) in [6.07, 6.45) is 0. The molecule has 0 aliphatic carbocycles. The molecule has 0 radical (unpaired) electrons. The van der Waals surface area contributed by atoms with Gasteiger partial charge in [0.15, 0.2) is 17.5 Å². The van der Waals surface area contributed by atoms with E-state index in [1.54, 1.807) is 0 Å². The van der Waals surface area contributed by atoms with Crippen LogP contribution in [0.15, 0.2) is 188 Å². The summed E-state index contributed by atoms with van der Waals surface area (Å²) in [5.41, 5.74) is 5.45. The van der Waals surface area contributed by atoms with Gasteiger partial charge in [-0.25, -0.2) is 15.0 Å². The molecule has 52 heavy (non-hydrogen) atoms. The average Bonchev–Trinajstić information content (AvgIpc) is 3.28. The second-order valence-corrected chi connectivity index (χ2v) is 12.7. The SMILES string of the molecule is [2H]c1c([2H])c([2H])c2c(-c3nc(-c4ccc5cc(-c6cccc7ccccc67)ccc5c4)nc(-c4cccc5cccc(-c6ccccc6)c45)n3)c([2H])c([2H])c([2H])c2c1[2H]. The van der Waals surface area contributed by atoms with Crippen molar-refractivity contribution in [1.82, 2.24) is 15.0 Å². The lowest BCUT2D eigenvalue weighted by molar-refractivity contribution is 1.08. The van der Waals surface area contributed by atoms with Gasteiger partial charge < -0.3 is 0 Å². The van der Waals surface area contributed by atoms with Gasteiger partial charge in [0.1, 0.15) is 0 Å². The molecule has 0 spiro atoms. The molecule has 0 saturated heterocycles. The molecule has 0 bridgehead atoms. The number of fused-ring (bicyclic) bond motifs is 4. The summed E-state index contributed by atoms with van der Waals surface area (Å²) < 4.78 is 61.3. The van der Waals surface area contributed by atoms with Crippen molar-refractivity contribution in [3.63, 3.8) is 0 Å². The number of hydrogen-bond donors (Lipinski definition) is 0. The Bertz CT molecular complexity index is 3350. The van der Waals surface area contributed by atoms with E-state index in [9.17, 15) is 0 Å². The summed E-state index contributed by atoms with van der Waals surface area (Å²) >= 11 is 0. The third-order valence-electron chi connectivity index (χ3n) is 9.60. The molecule has 3 nitrogen and oxygen atoms in total. The largest absolute Gasteiger partial charge is 0.208 e. The van der Waals surface area contributed by atoms with Gasteiger partial charge in [-0.2, -0.15) is 0 Å². The predicted molar refractivity (Wildman–Crippen MR) is 217 cm³/mol. The van der Waals surface area contributed by atoms with Crippen molar-refractivity contribution in [2.45, 2.75) is 0 Å². The highest BCUT2D eigenvalue weighted by Gasteiger charge is 2.18. The van der Waals surface area contributed by atoms with Crippen LogP contribution in [-0.4, -0.2) is 15.0 Å². The van der Waals surface area contributed by atoms with Gasteiger partial charge in [-0.15, -0.1) is 0 Å². The van der Waals surface area contributed by atoms with Crippen LogP contribution in [0.25, 0.3) is 99.5 Å². The van der Waals surface area contributed by atoms with E-state index in [1.807, 2.05) is 97.1 Å². The predicted octanol–water partition coefficient (Wildman–Crippen LogP) is 12.8. The molecule has 1 aromatic heterocycles. The van der Waals surface area contributed by atoms with Crippen LogP contribution in [0, 0.1) is 0 Å². The Morgan fingerprint density at radius 1 is 0.327 bits per heavy atom. The molecule has 0 atom stereocenters. The lowest BCUT2D eigenvalue weighted by Crippen LogP contribution is -2.01. The van der Waals surface area contributed by atoms with E-state index in [1.165, 1.54) is 5.39 Å². The van der Waals surface area contributed by atoms with Crippen LogP contribution in [0.4, 0.5) is 0 Å². The lowest BCUT2D eigenvalue weighted by Gasteiger charge is -2.14. The van der Waals surface area contributed by atoms with Gasteiger partial charge in [-0.1, -0.05) is 176 Å². The van der Waals surface area contributed by atoms with Crippen molar-refractivity contribution in [1.29, 1.82) is 0 Å². The Balaban J connectivity index is 1.24. The normalized spacial score (nSPS) is 13.3. The first-order valence-electron chi connectivity index (χ1n) is 20.5. The Hall–Kier alpha value is -6.97. The summed E-state index contributed by atoms with van der Waals surface area (Å²) in [4.78, 5) is 15.0. The van der Waals surface area contributed by atoms with Crippen LogP contribution in [0.2, 0.25) is 0 Å². The fourth-order valence-electron chi connectivity index (χ4n) is 7.13. The summed E-state index contributed by atoms with van der Waals surface area (Å²) in [5.74, 6) is 0.508. The maximum Gasteiger partial charge on any atom is 0.164 e. The van der Waals surface area contributed by atoms with Crippen molar-refractivity contribution in [2.24, 2.45) is 0 Å². The van der Waals surface area contributed by atoms with Crippen LogP contribution < -0.4 is 0 Å². The summed E-state index contributed by atoms with van der Waals surface area (Å²) in [7, 11) is 0. The van der Waals surface area contributed by atoms with Gasteiger partial charge >= 0.3 is 0 Å². The number of rotatable bonds is 5. The third-order valence-corrected chi connectivity index (χ3v) is 9.60. The minimum Gasteiger partial charge on any atom is -0.208 e. The van der Waals surface area contributed by atoms with E-state index in [0.717, 1.165) is 49.2 Å². The van der Waals surface area contributed by atoms with Crippen LogP contribution in [0.5, 0.6) is 0 Å². The minimum absolute atomic E-state index is 0.0425. The Kier molecular flexibility index (Phi) is 5.60. The van der Waals surface area contributed by atoms with Gasteiger partial charge in [0.2, 0.25) is 0 Å². The Labute approximate surface area is 311 Å². The van der Waals surface area contributed by atoms with Gasteiger partial charge in [-0.05, 0) is 72.1 Å². The number of hydrogen-bond acceptors (Lipinski definition) is 3. The monoisotopic (exact) mass is 668 g/mol. The standard InChI is InChI=1S/C49H31N3/c1-2-12-34(13-3-1)43-23-10-18-35-19-11-25-45(46(35)43)49-51-47(50-48(52-49)44-24-9-17-33-15-5-7-21-41(33)44)39-29-27-36-30-38(28-26-37(36)31-39)42-22-8-16-32-14-4-6-20-40(32)42/h1-31H/i5D,7D,9D,15D,17D,21D,24D. The average molecular weight is 669 g/mol. The molecule has 3 heteroatoms. The smallest absolute Gasteiger partial charge is 0.164 e. The molecule has 0 aliphatic rings. The maximum absolute atomic E-state index is 9.16. The van der Waals surface area contributed by atoms with Gasteiger partial charge in [0.05, 0.1) is 9.60 Å². The molecule has 0 unspecified atom stereocenters. The minimum atomic E-state index is -0.528. The zero-order chi connectivity index (χ0) is 40.5. The van der Waals surface area contributed by atoms with E-state index in [-0.39, 0.29) is 33.8 Å². The molecule has 10 aromatic rings. The summed E-state index contributed by atoms with van der Waals surface area (Å²) in [5, 5.41) is 5.87. The first kappa shape index (κ1) is 23.4. The summed E-state index contributed by atoms with van der Waals surface area (Å²) in [6, 6.07) is 45.6. The van der Waals surface area contributed by atoms with Gasteiger partial charge in [0, 0.05) is 22.1 Å². The van der Waals surface area contributed by atoms with Crippen molar-refractivity contribution in [3.05, 3.63) is 188 Å².